The Balaban J connectivity index is 1.60. The van der Waals surface area contributed by atoms with Gasteiger partial charge in [0.15, 0.2) is 10.7 Å². The predicted octanol–water partition coefficient (Wildman–Crippen LogP) is 4.41. The largest absolute Gasteiger partial charge is 0.494 e. The summed E-state index contributed by atoms with van der Waals surface area (Å²) in [5.41, 5.74) is 4.41. The van der Waals surface area contributed by atoms with E-state index >= 15 is 0 Å². The molecule has 2 aromatic heterocycles. The van der Waals surface area contributed by atoms with Gasteiger partial charge < -0.3 is 10.1 Å². The van der Waals surface area contributed by atoms with E-state index in [9.17, 15) is 9.59 Å². The van der Waals surface area contributed by atoms with Crippen molar-refractivity contribution in [2.75, 3.05) is 17.7 Å². The summed E-state index contributed by atoms with van der Waals surface area (Å²) in [5.74, 6) is 0.678. The zero-order chi connectivity index (χ0) is 24.9. The molecule has 9 heteroatoms. The van der Waals surface area contributed by atoms with Gasteiger partial charge in [0.1, 0.15) is 11.3 Å². The summed E-state index contributed by atoms with van der Waals surface area (Å²) in [4.78, 5) is 31.0. The summed E-state index contributed by atoms with van der Waals surface area (Å²) >= 11 is 1.24. The fourth-order valence-corrected chi connectivity index (χ4v) is 4.56. The number of amides is 1. The number of rotatable bonds is 9. The molecule has 0 aliphatic carbocycles. The van der Waals surface area contributed by atoms with Crippen molar-refractivity contribution >= 4 is 34.4 Å². The van der Waals surface area contributed by atoms with Gasteiger partial charge in [-0.1, -0.05) is 41.6 Å². The maximum atomic E-state index is 13.6. The molecule has 0 saturated heterocycles. The van der Waals surface area contributed by atoms with Crippen LogP contribution in [-0.2, 0) is 17.9 Å². The molecule has 35 heavy (non-hydrogen) atoms. The zero-order valence-corrected chi connectivity index (χ0v) is 21.2. The fourth-order valence-electron chi connectivity index (χ4n) is 3.77. The number of anilines is 1. The number of aromatic nitrogens is 4. The minimum absolute atomic E-state index is 0.111. The molecule has 0 bridgehead atoms. The van der Waals surface area contributed by atoms with Crippen LogP contribution in [0.3, 0.4) is 0 Å². The molecular formula is C26H29N5O3S. The highest BCUT2D eigenvalue weighted by Gasteiger charge is 2.19. The van der Waals surface area contributed by atoms with Crippen molar-refractivity contribution in [3.05, 3.63) is 75.7 Å². The van der Waals surface area contributed by atoms with Crippen molar-refractivity contribution in [2.45, 2.75) is 45.9 Å². The van der Waals surface area contributed by atoms with Gasteiger partial charge in [0.2, 0.25) is 5.91 Å². The van der Waals surface area contributed by atoms with Crippen LogP contribution in [-0.4, -0.2) is 37.6 Å². The molecule has 1 amide bonds. The maximum absolute atomic E-state index is 13.6. The van der Waals surface area contributed by atoms with Crippen molar-refractivity contribution < 1.29 is 9.53 Å². The normalized spacial score (nSPS) is 11.1. The molecule has 0 unspecified atom stereocenters. The summed E-state index contributed by atoms with van der Waals surface area (Å²) in [5, 5.41) is 7.86. The van der Waals surface area contributed by atoms with Crippen LogP contribution in [0.4, 0.5) is 5.69 Å². The van der Waals surface area contributed by atoms with E-state index < -0.39 is 0 Å². The van der Waals surface area contributed by atoms with Gasteiger partial charge in [-0.05, 0) is 57.5 Å². The molecule has 0 saturated carbocycles. The first-order valence-corrected chi connectivity index (χ1v) is 12.6. The van der Waals surface area contributed by atoms with Gasteiger partial charge in [0, 0.05) is 12.2 Å². The van der Waals surface area contributed by atoms with E-state index in [1.54, 1.807) is 21.4 Å². The zero-order valence-electron chi connectivity index (χ0n) is 20.4. The average Bonchev–Trinajstić information content (AvgIpc) is 3.18. The molecule has 0 fully saturated rings. The van der Waals surface area contributed by atoms with Crippen molar-refractivity contribution in [3.63, 3.8) is 0 Å². The van der Waals surface area contributed by atoms with Gasteiger partial charge in [-0.2, -0.15) is 5.10 Å². The minimum atomic E-state index is -0.184. The highest BCUT2D eigenvalue weighted by atomic mass is 32.2. The number of benzene rings is 2. The number of aryl methyl sites for hydroxylation is 3. The van der Waals surface area contributed by atoms with Crippen LogP contribution in [0.5, 0.6) is 5.75 Å². The lowest BCUT2D eigenvalue weighted by Crippen LogP contribution is -2.26. The molecule has 0 aliphatic heterocycles. The first kappa shape index (κ1) is 24.5. The minimum Gasteiger partial charge on any atom is -0.494 e. The number of fused-ring (bicyclic) bond motifs is 1. The van der Waals surface area contributed by atoms with Gasteiger partial charge in [0.05, 0.1) is 24.6 Å². The van der Waals surface area contributed by atoms with E-state index in [-0.39, 0.29) is 17.2 Å². The monoisotopic (exact) mass is 491 g/mol. The molecule has 1 N–H and O–H groups in total. The van der Waals surface area contributed by atoms with Crippen molar-refractivity contribution in [1.29, 1.82) is 0 Å². The van der Waals surface area contributed by atoms with E-state index in [0.29, 0.717) is 47.3 Å². The van der Waals surface area contributed by atoms with Gasteiger partial charge in [-0.3, -0.25) is 18.8 Å². The highest BCUT2D eigenvalue weighted by molar-refractivity contribution is 7.99. The second kappa shape index (κ2) is 10.8. The number of ether oxygens (including phenoxy) is 1. The number of carbonyl (C=O) groups is 1. The Labute approximate surface area is 208 Å². The third-order valence-corrected chi connectivity index (χ3v) is 6.50. The topological polar surface area (TPSA) is 91.0 Å². The van der Waals surface area contributed by atoms with Crippen LogP contribution >= 0.6 is 11.8 Å². The van der Waals surface area contributed by atoms with Crippen LogP contribution in [0.25, 0.3) is 11.0 Å². The van der Waals surface area contributed by atoms with Crippen LogP contribution in [0, 0.1) is 13.8 Å². The quantitative estimate of drug-likeness (QED) is 0.276. The smallest absolute Gasteiger partial charge is 0.280 e. The first-order valence-electron chi connectivity index (χ1n) is 11.6. The Morgan fingerprint density at radius 2 is 1.77 bits per heavy atom. The highest BCUT2D eigenvalue weighted by Crippen LogP contribution is 2.22. The van der Waals surface area contributed by atoms with E-state index in [0.717, 1.165) is 16.9 Å². The van der Waals surface area contributed by atoms with Crippen LogP contribution in [0.1, 0.15) is 30.7 Å². The van der Waals surface area contributed by atoms with Crippen molar-refractivity contribution in [2.24, 2.45) is 0 Å². The van der Waals surface area contributed by atoms with Crippen LogP contribution in [0.15, 0.2) is 58.5 Å². The summed E-state index contributed by atoms with van der Waals surface area (Å²) in [6.07, 6.45) is 0. The number of hydrogen-bond acceptors (Lipinski definition) is 6. The van der Waals surface area contributed by atoms with E-state index in [2.05, 4.69) is 10.4 Å². The standard InChI is InChI=1S/C26H29N5O3S/c1-5-31-24-23(18(4)29-31)28-26(30(25(24)33)15-19-9-7-17(3)8-10-19)35-16-22(32)27-20-11-13-21(14-12-20)34-6-2/h7-14H,5-6,15-16H2,1-4H3,(H,27,32). The van der Waals surface area contributed by atoms with E-state index in [4.69, 9.17) is 9.72 Å². The summed E-state index contributed by atoms with van der Waals surface area (Å²) in [6.45, 7) is 9.26. The van der Waals surface area contributed by atoms with Crippen LogP contribution < -0.4 is 15.6 Å². The molecule has 0 spiro atoms. The second-order valence-electron chi connectivity index (χ2n) is 8.16. The molecule has 0 aliphatic rings. The van der Waals surface area contributed by atoms with Gasteiger partial charge in [0.25, 0.3) is 5.56 Å². The SMILES string of the molecule is CCOc1ccc(NC(=O)CSc2nc3c(C)nn(CC)c3c(=O)n2Cc2ccc(C)cc2)cc1. The predicted molar refractivity (Wildman–Crippen MR) is 139 cm³/mol. The van der Waals surface area contributed by atoms with E-state index in [1.165, 1.54) is 11.8 Å². The molecule has 8 nitrogen and oxygen atoms in total. The number of hydrogen-bond donors (Lipinski definition) is 1. The molecule has 182 valence electrons. The molecule has 2 aromatic carbocycles. The maximum Gasteiger partial charge on any atom is 0.280 e. The molecule has 4 rings (SSSR count). The summed E-state index contributed by atoms with van der Waals surface area (Å²) < 4.78 is 8.77. The Morgan fingerprint density at radius 3 is 2.43 bits per heavy atom. The lowest BCUT2D eigenvalue weighted by atomic mass is 10.1. The lowest BCUT2D eigenvalue weighted by molar-refractivity contribution is -0.113. The Bertz CT molecular complexity index is 1390. The van der Waals surface area contributed by atoms with E-state index in [1.807, 2.05) is 64.1 Å². The molecule has 4 aromatic rings. The molecule has 0 atom stereocenters. The Kier molecular flexibility index (Phi) is 7.55. The molecular weight excluding hydrogens is 462 g/mol. The number of nitrogens with one attached hydrogen (secondary N) is 1. The number of nitrogens with zero attached hydrogens (tertiary/aromatic N) is 4. The van der Waals surface area contributed by atoms with Gasteiger partial charge in [-0.15, -0.1) is 0 Å². The third-order valence-electron chi connectivity index (χ3n) is 5.52. The third kappa shape index (κ3) is 5.57. The van der Waals surface area contributed by atoms with Crippen molar-refractivity contribution in [3.8, 4) is 5.75 Å². The Hall–Kier alpha value is -3.59. The lowest BCUT2D eigenvalue weighted by Gasteiger charge is -2.13. The fraction of sp³-hybridized carbons (Fsp3) is 0.308. The first-order chi connectivity index (χ1) is 16.9. The number of carbonyl (C=O) groups excluding carboxylic acids is 1. The van der Waals surface area contributed by atoms with Crippen molar-refractivity contribution in [1.82, 2.24) is 19.3 Å². The Morgan fingerprint density at radius 1 is 1.06 bits per heavy atom. The summed E-state index contributed by atoms with van der Waals surface area (Å²) in [6, 6.07) is 15.3. The molecule has 2 heterocycles. The van der Waals surface area contributed by atoms with Gasteiger partial charge in [-0.25, -0.2) is 4.98 Å². The number of thioether (sulfide) groups is 1. The summed E-state index contributed by atoms with van der Waals surface area (Å²) in [7, 11) is 0. The van der Waals surface area contributed by atoms with Crippen LogP contribution in [0.2, 0.25) is 0 Å². The second-order valence-corrected chi connectivity index (χ2v) is 9.11. The average molecular weight is 492 g/mol. The van der Waals surface area contributed by atoms with Gasteiger partial charge >= 0.3 is 0 Å². The molecule has 0 radical (unpaired) electrons.